The summed E-state index contributed by atoms with van der Waals surface area (Å²) in [6.07, 6.45) is 56.9. The quantitative estimate of drug-likeness (QED) is 0.0263. The van der Waals surface area contributed by atoms with Crippen molar-refractivity contribution in [1.82, 2.24) is 0 Å². The van der Waals surface area contributed by atoms with Crippen LogP contribution in [0.5, 0.6) is 0 Å². The lowest BCUT2D eigenvalue weighted by molar-refractivity contribution is -0.167. The van der Waals surface area contributed by atoms with Crippen molar-refractivity contribution in [3.05, 3.63) is 36.5 Å². The van der Waals surface area contributed by atoms with Gasteiger partial charge in [0.2, 0.25) is 0 Å². The number of carbonyl (C=O) groups is 3. The molecule has 6 nitrogen and oxygen atoms in total. The molecule has 0 fully saturated rings. The summed E-state index contributed by atoms with van der Waals surface area (Å²) < 4.78 is 16.8. The molecule has 0 aliphatic carbocycles. The van der Waals surface area contributed by atoms with Crippen molar-refractivity contribution in [3.8, 4) is 0 Å². The van der Waals surface area contributed by atoms with E-state index in [1.807, 2.05) is 0 Å². The molecule has 0 aliphatic heterocycles. The number of ether oxygens (including phenoxy) is 3. The van der Waals surface area contributed by atoms with Crippen molar-refractivity contribution >= 4 is 17.9 Å². The molecule has 6 heteroatoms. The summed E-state index contributed by atoms with van der Waals surface area (Å²) in [5, 5.41) is 0. The number of carbonyl (C=O) groups excluding carboxylic acids is 3. The first-order valence-electron chi connectivity index (χ1n) is 26.0. The molecule has 0 saturated heterocycles. The number of unbranched alkanes of at least 4 members (excludes halogenated alkanes) is 30. The van der Waals surface area contributed by atoms with Gasteiger partial charge in [-0.05, 0) is 70.6 Å². The van der Waals surface area contributed by atoms with E-state index in [2.05, 4.69) is 57.2 Å². The van der Waals surface area contributed by atoms with Gasteiger partial charge in [0.05, 0.1) is 0 Å². The highest BCUT2D eigenvalue weighted by Gasteiger charge is 2.19. The number of hydrogen-bond acceptors (Lipinski definition) is 6. The molecule has 0 aliphatic rings. The maximum atomic E-state index is 12.8. The van der Waals surface area contributed by atoms with Crippen molar-refractivity contribution in [1.29, 1.82) is 0 Å². The Bertz CT molecular complexity index is 1020. The van der Waals surface area contributed by atoms with Gasteiger partial charge in [-0.15, -0.1) is 0 Å². The summed E-state index contributed by atoms with van der Waals surface area (Å²) in [7, 11) is 0. The van der Waals surface area contributed by atoms with E-state index < -0.39 is 6.10 Å². The predicted octanol–water partition coefficient (Wildman–Crippen LogP) is 16.9. The summed E-state index contributed by atoms with van der Waals surface area (Å²) in [5.74, 6) is -0.876. The molecule has 0 aromatic rings. The van der Waals surface area contributed by atoms with Crippen molar-refractivity contribution in [3.63, 3.8) is 0 Å². The zero-order valence-electron chi connectivity index (χ0n) is 40.0. The summed E-state index contributed by atoms with van der Waals surface area (Å²) in [6.45, 7) is 6.53. The molecule has 350 valence electrons. The van der Waals surface area contributed by atoms with Crippen LogP contribution in [0.2, 0.25) is 0 Å². The lowest BCUT2D eigenvalue weighted by atomic mass is 10.0. The van der Waals surface area contributed by atoms with E-state index in [1.165, 1.54) is 154 Å². The minimum atomic E-state index is -0.773. The fourth-order valence-corrected chi connectivity index (χ4v) is 7.48. The van der Waals surface area contributed by atoms with Crippen LogP contribution in [-0.2, 0) is 28.6 Å². The van der Waals surface area contributed by atoms with Crippen LogP contribution in [0.4, 0.5) is 0 Å². The van der Waals surface area contributed by atoms with Crippen molar-refractivity contribution in [2.45, 2.75) is 277 Å². The summed E-state index contributed by atoms with van der Waals surface area (Å²) in [5.41, 5.74) is 0. The molecule has 0 saturated carbocycles. The Labute approximate surface area is 372 Å². The van der Waals surface area contributed by atoms with Gasteiger partial charge in [0, 0.05) is 19.3 Å². The normalized spacial score (nSPS) is 12.2. The number of hydrogen-bond donors (Lipinski definition) is 0. The predicted molar refractivity (Wildman–Crippen MR) is 256 cm³/mol. The van der Waals surface area contributed by atoms with Crippen molar-refractivity contribution in [2.75, 3.05) is 13.2 Å². The highest BCUT2D eigenvalue weighted by Crippen LogP contribution is 2.15. The Morgan fingerprint density at radius 1 is 0.350 bits per heavy atom. The molecule has 0 radical (unpaired) electrons. The average Bonchev–Trinajstić information content (AvgIpc) is 3.24. The van der Waals surface area contributed by atoms with Crippen LogP contribution in [0.1, 0.15) is 271 Å². The van der Waals surface area contributed by atoms with E-state index in [0.717, 1.165) is 77.0 Å². The third kappa shape index (κ3) is 46.7. The average molecular weight is 843 g/mol. The zero-order chi connectivity index (χ0) is 43.7. The second-order valence-corrected chi connectivity index (χ2v) is 17.4. The molecular formula is C54H98O6. The van der Waals surface area contributed by atoms with Gasteiger partial charge in [0.25, 0.3) is 0 Å². The number of allylic oxidation sites excluding steroid dienone is 6. The molecule has 1 atom stereocenters. The van der Waals surface area contributed by atoms with Crippen LogP contribution < -0.4 is 0 Å². The van der Waals surface area contributed by atoms with Gasteiger partial charge in [-0.2, -0.15) is 0 Å². The number of esters is 3. The molecule has 1 unspecified atom stereocenters. The molecule has 0 heterocycles. The summed E-state index contributed by atoms with van der Waals surface area (Å²) in [6, 6.07) is 0. The molecule has 0 rings (SSSR count). The smallest absolute Gasteiger partial charge is 0.306 e. The van der Waals surface area contributed by atoms with E-state index in [-0.39, 0.29) is 31.1 Å². The van der Waals surface area contributed by atoms with Gasteiger partial charge < -0.3 is 14.2 Å². The first kappa shape index (κ1) is 57.6. The molecule has 0 spiro atoms. The Morgan fingerprint density at radius 3 is 1.03 bits per heavy atom. The molecule has 0 amide bonds. The highest BCUT2D eigenvalue weighted by molar-refractivity contribution is 5.71. The SMILES string of the molecule is CC/C=C\C/C=C\CCCCCCCCCC(=O)OC(COC(=O)CCCCCCCCC/C=C\CCCCCC)COC(=O)CCCCCCCCCCCCCCC. The van der Waals surface area contributed by atoms with Gasteiger partial charge in [0.15, 0.2) is 6.10 Å². The van der Waals surface area contributed by atoms with Crippen LogP contribution in [0.25, 0.3) is 0 Å². The van der Waals surface area contributed by atoms with Gasteiger partial charge in [0.1, 0.15) is 13.2 Å². The first-order chi connectivity index (χ1) is 29.5. The lowest BCUT2D eigenvalue weighted by Crippen LogP contribution is -2.30. The third-order valence-corrected chi connectivity index (χ3v) is 11.4. The molecule has 0 aromatic heterocycles. The lowest BCUT2D eigenvalue weighted by Gasteiger charge is -2.18. The van der Waals surface area contributed by atoms with Crippen molar-refractivity contribution < 1.29 is 28.6 Å². The van der Waals surface area contributed by atoms with Gasteiger partial charge >= 0.3 is 17.9 Å². The number of rotatable bonds is 47. The van der Waals surface area contributed by atoms with Gasteiger partial charge in [-0.1, -0.05) is 218 Å². The maximum absolute atomic E-state index is 12.8. The second kappa shape index (κ2) is 49.3. The Kier molecular flexibility index (Phi) is 47.3. The highest BCUT2D eigenvalue weighted by atomic mass is 16.6. The first-order valence-corrected chi connectivity index (χ1v) is 26.0. The largest absolute Gasteiger partial charge is 0.462 e. The minimum Gasteiger partial charge on any atom is -0.462 e. The van der Waals surface area contributed by atoms with Crippen LogP contribution in [0.15, 0.2) is 36.5 Å². The van der Waals surface area contributed by atoms with E-state index in [1.54, 1.807) is 0 Å². The van der Waals surface area contributed by atoms with E-state index in [4.69, 9.17) is 14.2 Å². The minimum absolute atomic E-state index is 0.0737. The van der Waals surface area contributed by atoms with Crippen LogP contribution >= 0.6 is 0 Å². The van der Waals surface area contributed by atoms with Crippen LogP contribution in [0, 0.1) is 0 Å². The van der Waals surface area contributed by atoms with Gasteiger partial charge in [-0.3, -0.25) is 14.4 Å². The van der Waals surface area contributed by atoms with Crippen LogP contribution in [0.3, 0.4) is 0 Å². The topological polar surface area (TPSA) is 78.9 Å². The van der Waals surface area contributed by atoms with E-state index in [0.29, 0.717) is 19.3 Å². The van der Waals surface area contributed by atoms with Crippen LogP contribution in [-0.4, -0.2) is 37.2 Å². The summed E-state index contributed by atoms with van der Waals surface area (Å²) >= 11 is 0. The van der Waals surface area contributed by atoms with Crippen molar-refractivity contribution in [2.24, 2.45) is 0 Å². The fraction of sp³-hybridized carbons (Fsp3) is 0.833. The Morgan fingerprint density at radius 2 is 0.650 bits per heavy atom. The maximum Gasteiger partial charge on any atom is 0.306 e. The molecule has 60 heavy (non-hydrogen) atoms. The summed E-state index contributed by atoms with van der Waals surface area (Å²) in [4.78, 5) is 38.0. The van der Waals surface area contributed by atoms with E-state index >= 15 is 0 Å². The monoisotopic (exact) mass is 843 g/mol. The Balaban J connectivity index is 4.36. The molecule has 0 N–H and O–H groups in total. The fourth-order valence-electron chi connectivity index (χ4n) is 7.48. The standard InChI is InChI=1S/C54H98O6/c1-4-7-10-13-16-19-22-25-27-30-32-35-38-41-44-47-53(56)59-50-51(49-58-52(55)46-43-40-37-34-31-28-24-21-18-15-12-9-6-3)60-54(57)48-45-42-39-36-33-29-26-23-20-17-14-11-8-5-2/h8,11,17,19-20,22,51H,4-7,9-10,12-16,18,21,23-50H2,1-3H3/b11-8-,20-17-,22-19-. The second-order valence-electron chi connectivity index (χ2n) is 17.4. The Hall–Kier alpha value is -2.37. The third-order valence-electron chi connectivity index (χ3n) is 11.4. The van der Waals surface area contributed by atoms with Gasteiger partial charge in [-0.25, -0.2) is 0 Å². The molecule has 0 aromatic carbocycles. The zero-order valence-corrected chi connectivity index (χ0v) is 40.0. The molecule has 0 bridgehead atoms. The van der Waals surface area contributed by atoms with E-state index in [9.17, 15) is 14.4 Å². The molecular weight excluding hydrogens is 745 g/mol.